The standard InChI is InChI=1S/C16H13FN2O/c17-14-8-3-6-13(11-14)16(20)19-15-9-2-1-5-12(15)7-4-10-18/h1-3,5-6,8-9,11H,10,18H2,(H,19,20). The zero-order valence-corrected chi connectivity index (χ0v) is 10.7. The van der Waals surface area contributed by atoms with E-state index >= 15 is 0 Å². The van der Waals surface area contributed by atoms with Crippen LogP contribution in [0.3, 0.4) is 0 Å². The van der Waals surface area contributed by atoms with E-state index in [2.05, 4.69) is 17.2 Å². The van der Waals surface area contributed by atoms with Gasteiger partial charge in [-0.3, -0.25) is 4.79 Å². The van der Waals surface area contributed by atoms with Gasteiger partial charge in [0, 0.05) is 11.1 Å². The van der Waals surface area contributed by atoms with Gasteiger partial charge >= 0.3 is 0 Å². The molecule has 0 atom stereocenters. The van der Waals surface area contributed by atoms with Gasteiger partial charge in [-0.15, -0.1) is 0 Å². The summed E-state index contributed by atoms with van der Waals surface area (Å²) < 4.78 is 13.1. The maximum absolute atomic E-state index is 13.1. The minimum atomic E-state index is -0.450. The maximum atomic E-state index is 13.1. The Kier molecular flexibility index (Phi) is 4.48. The van der Waals surface area contributed by atoms with E-state index in [4.69, 9.17) is 5.73 Å². The summed E-state index contributed by atoms with van der Waals surface area (Å²) in [6.45, 7) is 0.242. The Morgan fingerprint density at radius 1 is 1.20 bits per heavy atom. The summed E-state index contributed by atoms with van der Waals surface area (Å²) in [6.07, 6.45) is 0. The van der Waals surface area contributed by atoms with Crippen LogP contribution in [0.4, 0.5) is 10.1 Å². The van der Waals surface area contributed by atoms with Gasteiger partial charge in [0.15, 0.2) is 0 Å². The molecule has 2 aromatic carbocycles. The van der Waals surface area contributed by atoms with Crippen molar-refractivity contribution in [2.45, 2.75) is 0 Å². The average Bonchev–Trinajstić information content (AvgIpc) is 2.46. The van der Waals surface area contributed by atoms with Gasteiger partial charge in [-0.05, 0) is 30.3 Å². The smallest absolute Gasteiger partial charge is 0.255 e. The molecule has 0 unspecified atom stereocenters. The molecule has 2 rings (SSSR count). The van der Waals surface area contributed by atoms with Crippen molar-refractivity contribution in [3.63, 3.8) is 0 Å². The lowest BCUT2D eigenvalue weighted by atomic mass is 10.1. The lowest BCUT2D eigenvalue weighted by Gasteiger charge is -2.07. The number of hydrogen-bond acceptors (Lipinski definition) is 2. The van der Waals surface area contributed by atoms with Crippen molar-refractivity contribution in [3.05, 3.63) is 65.5 Å². The molecule has 0 saturated heterocycles. The summed E-state index contributed by atoms with van der Waals surface area (Å²) in [5.74, 6) is 4.78. The number of nitrogens with one attached hydrogen (secondary N) is 1. The molecule has 0 aliphatic carbocycles. The van der Waals surface area contributed by atoms with E-state index in [0.717, 1.165) is 0 Å². The first-order chi connectivity index (χ1) is 9.70. The largest absolute Gasteiger partial charge is 0.321 e. The number of nitrogens with two attached hydrogens (primary N) is 1. The van der Waals surface area contributed by atoms with Crippen molar-refractivity contribution in [1.29, 1.82) is 0 Å². The van der Waals surface area contributed by atoms with Crippen molar-refractivity contribution in [2.24, 2.45) is 5.73 Å². The molecule has 3 nitrogen and oxygen atoms in total. The van der Waals surface area contributed by atoms with E-state index < -0.39 is 5.82 Å². The first-order valence-corrected chi connectivity index (χ1v) is 6.05. The highest BCUT2D eigenvalue weighted by Gasteiger charge is 2.08. The molecule has 2 aromatic rings. The number of carbonyl (C=O) groups is 1. The maximum Gasteiger partial charge on any atom is 0.255 e. The Hall–Kier alpha value is -2.64. The summed E-state index contributed by atoms with van der Waals surface area (Å²) >= 11 is 0. The quantitative estimate of drug-likeness (QED) is 0.822. The van der Waals surface area contributed by atoms with Crippen LogP contribution < -0.4 is 11.1 Å². The van der Waals surface area contributed by atoms with E-state index in [1.54, 1.807) is 24.3 Å². The van der Waals surface area contributed by atoms with Gasteiger partial charge in [0.05, 0.1) is 12.2 Å². The minimum Gasteiger partial charge on any atom is -0.321 e. The molecular weight excluding hydrogens is 255 g/mol. The fourth-order valence-electron chi connectivity index (χ4n) is 1.67. The Balaban J connectivity index is 2.24. The highest BCUT2D eigenvalue weighted by molar-refractivity contribution is 6.04. The summed E-state index contributed by atoms with van der Waals surface area (Å²) in [7, 11) is 0. The molecule has 0 saturated carbocycles. The number of para-hydroxylation sites is 1. The first-order valence-electron chi connectivity index (χ1n) is 6.05. The van der Waals surface area contributed by atoms with Crippen LogP contribution >= 0.6 is 0 Å². The topological polar surface area (TPSA) is 55.1 Å². The molecule has 100 valence electrons. The molecule has 0 aliphatic rings. The number of hydrogen-bond donors (Lipinski definition) is 2. The summed E-state index contributed by atoms with van der Waals surface area (Å²) in [5.41, 5.74) is 6.83. The van der Waals surface area contributed by atoms with Crippen molar-refractivity contribution in [2.75, 3.05) is 11.9 Å². The van der Waals surface area contributed by atoms with Gasteiger partial charge in [0.2, 0.25) is 0 Å². The van der Waals surface area contributed by atoms with Crippen LogP contribution in [0.5, 0.6) is 0 Å². The van der Waals surface area contributed by atoms with Gasteiger partial charge in [-0.2, -0.15) is 0 Å². The molecule has 0 aromatic heterocycles. The lowest BCUT2D eigenvalue weighted by molar-refractivity contribution is 0.102. The normalized spacial score (nSPS) is 9.50. The van der Waals surface area contributed by atoms with Crippen molar-refractivity contribution >= 4 is 11.6 Å². The number of benzene rings is 2. The van der Waals surface area contributed by atoms with Gasteiger partial charge < -0.3 is 11.1 Å². The lowest BCUT2D eigenvalue weighted by Crippen LogP contribution is -2.13. The second-order valence-electron chi connectivity index (χ2n) is 4.02. The Morgan fingerprint density at radius 2 is 2.00 bits per heavy atom. The van der Waals surface area contributed by atoms with E-state index in [1.165, 1.54) is 18.2 Å². The summed E-state index contributed by atoms with van der Waals surface area (Å²) in [6, 6.07) is 12.6. The van der Waals surface area contributed by atoms with Gasteiger partial charge in [-0.25, -0.2) is 4.39 Å². The van der Waals surface area contributed by atoms with E-state index in [9.17, 15) is 9.18 Å². The highest BCUT2D eigenvalue weighted by Crippen LogP contribution is 2.15. The van der Waals surface area contributed by atoms with Gasteiger partial charge in [0.1, 0.15) is 5.82 Å². The molecule has 0 radical (unpaired) electrons. The van der Waals surface area contributed by atoms with Crippen LogP contribution in [0.25, 0.3) is 0 Å². The van der Waals surface area contributed by atoms with Crippen molar-refractivity contribution in [3.8, 4) is 11.8 Å². The van der Waals surface area contributed by atoms with Crippen molar-refractivity contribution in [1.82, 2.24) is 0 Å². The third-order valence-corrected chi connectivity index (χ3v) is 2.59. The zero-order valence-electron chi connectivity index (χ0n) is 10.7. The number of rotatable bonds is 2. The fraction of sp³-hybridized carbons (Fsp3) is 0.0625. The SMILES string of the molecule is NCC#Cc1ccccc1NC(=O)c1cccc(F)c1. The molecule has 0 spiro atoms. The summed E-state index contributed by atoms with van der Waals surface area (Å²) in [4.78, 5) is 12.0. The molecule has 4 heteroatoms. The predicted octanol–water partition coefficient (Wildman–Crippen LogP) is 2.39. The molecule has 0 heterocycles. The molecule has 3 N–H and O–H groups in total. The van der Waals surface area contributed by atoms with Crippen LogP contribution in [0.1, 0.15) is 15.9 Å². The van der Waals surface area contributed by atoms with E-state index in [-0.39, 0.29) is 18.0 Å². The zero-order chi connectivity index (χ0) is 14.4. The Morgan fingerprint density at radius 3 is 2.75 bits per heavy atom. The third kappa shape index (κ3) is 3.44. The second kappa shape index (κ2) is 6.50. The Labute approximate surface area is 116 Å². The van der Waals surface area contributed by atoms with E-state index in [1.807, 2.05) is 6.07 Å². The van der Waals surface area contributed by atoms with Crippen molar-refractivity contribution < 1.29 is 9.18 Å². The second-order valence-corrected chi connectivity index (χ2v) is 4.02. The van der Waals surface area contributed by atoms with Crippen LogP contribution in [-0.2, 0) is 0 Å². The number of amides is 1. The number of carbonyl (C=O) groups excluding carboxylic acids is 1. The predicted molar refractivity (Wildman–Crippen MR) is 76.7 cm³/mol. The molecule has 1 amide bonds. The molecule has 0 aliphatic heterocycles. The van der Waals surface area contributed by atoms with Crippen LogP contribution in [-0.4, -0.2) is 12.5 Å². The van der Waals surface area contributed by atoms with Gasteiger partial charge in [-0.1, -0.05) is 30.0 Å². The van der Waals surface area contributed by atoms with Gasteiger partial charge in [0.25, 0.3) is 5.91 Å². The van der Waals surface area contributed by atoms with Crippen LogP contribution in [0, 0.1) is 17.7 Å². The number of anilines is 1. The molecule has 20 heavy (non-hydrogen) atoms. The first kappa shape index (κ1) is 13.8. The van der Waals surface area contributed by atoms with Crippen LogP contribution in [0.2, 0.25) is 0 Å². The fourth-order valence-corrected chi connectivity index (χ4v) is 1.67. The number of halogens is 1. The minimum absolute atomic E-state index is 0.242. The molecule has 0 fully saturated rings. The third-order valence-electron chi connectivity index (χ3n) is 2.59. The monoisotopic (exact) mass is 268 g/mol. The molecular formula is C16H13FN2O. The average molecular weight is 268 g/mol. The van der Waals surface area contributed by atoms with E-state index in [0.29, 0.717) is 11.3 Å². The van der Waals surface area contributed by atoms with Crippen LogP contribution in [0.15, 0.2) is 48.5 Å². The summed E-state index contributed by atoms with van der Waals surface area (Å²) in [5, 5.41) is 2.71. The Bertz CT molecular complexity index is 686. The highest BCUT2D eigenvalue weighted by atomic mass is 19.1. The molecule has 0 bridgehead atoms.